The molecule has 0 unspecified atom stereocenters. The van der Waals surface area contributed by atoms with Crippen molar-refractivity contribution >= 4 is 0 Å². The van der Waals surface area contributed by atoms with Gasteiger partial charge in [-0.15, -0.1) is 0 Å². The summed E-state index contributed by atoms with van der Waals surface area (Å²) in [5.74, 6) is -1.18. The van der Waals surface area contributed by atoms with Crippen molar-refractivity contribution < 1.29 is 13.3 Å². The summed E-state index contributed by atoms with van der Waals surface area (Å²) in [4.78, 5) is 30.2. The van der Waals surface area contributed by atoms with Gasteiger partial charge in [-0.25, -0.2) is 13.6 Å². The zero-order chi connectivity index (χ0) is 19.1. The van der Waals surface area contributed by atoms with Crippen molar-refractivity contribution in [2.24, 2.45) is 0 Å². The fourth-order valence-corrected chi connectivity index (χ4v) is 3.31. The fourth-order valence-electron chi connectivity index (χ4n) is 3.31. The van der Waals surface area contributed by atoms with Crippen LogP contribution in [0, 0.1) is 18.6 Å². The normalized spacial score (nSPS) is 14.3. The number of halogens is 2. The number of nitrogens with one attached hydrogen (secondary N) is 2. The molecule has 4 rings (SSSR count). The summed E-state index contributed by atoms with van der Waals surface area (Å²) in [6.07, 6.45) is 0.576. The molecule has 140 valence electrons. The minimum absolute atomic E-state index is 0.333. The zero-order valence-corrected chi connectivity index (χ0v) is 14.4. The molecule has 0 radical (unpaired) electrons. The van der Waals surface area contributed by atoms with Gasteiger partial charge < -0.3 is 9.51 Å². The van der Waals surface area contributed by atoms with Gasteiger partial charge in [-0.1, -0.05) is 5.16 Å². The lowest BCUT2D eigenvalue weighted by atomic mass is 10.0. The maximum atomic E-state index is 13.6. The van der Waals surface area contributed by atoms with Gasteiger partial charge in [-0.2, -0.15) is 0 Å². The van der Waals surface area contributed by atoms with Crippen LogP contribution < -0.4 is 11.2 Å². The highest BCUT2D eigenvalue weighted by molar-refractivity contribution is 5.63. The standard InChI is InChI=1S/C18H16F2N4O3/c1-9-11(17(25)22-18(26)21-9)7-24-5-4-15-12(8-24)16(23-27-15)10-2-3-13(19)14(20)6-10/h2-3,6H,4-5,7-8H2,1H3,(H2,21,22,25,26). The van der Waals surface area contributed by atoms with Crippen LogP contribution in [0.1, 0.15) is 22.6 Å². The lowest BCUT2D eigenvalue weighted by molar-refractivity contribution is 0.227. The van der Waals surface area contributed by atoms with Gasteiger partial charge in [0, 0.05) is 42.9 Å². The number of hydrogen-bond donors (Lipinski definition) is 2. The lowest BCUT2D eigenvalue weighted by Crippen LogP contribution is -2.35. The second kappa shape index (κ2) is 6.58. The number of aryl methyl sites for hydroxylation is 1. The van der Waals surface area contributed by atoms with Crippen molar-refractivity contribution in [2.75, 3.05) is 6.54 Å². The van der Waals surface area contributed by atoms with Crippen LogP contribution in [0.3, 0.4) is 0 Å². The number of fused-ring (bicyclic) bond motifs is 1. The third-order valence-corrected chi connectivity index (χ3v) is 4.74. The van der Waals surface area contributed by atoms with E-state index in [0.29, 0.717) is 54.3 Å². The van der Waals surface area contributed by atoms with Crippen LogP contribution in [-0.4, -0.2) is 26.6 Å². The first-order chi connectivity index (χ1) is 12.9. The summed E-state index contributed by atoms with van der Waals surface area (Å²) in [5.41, 5.74) is 1.70. The van der Waals surface area contributed by atoms with E-state index >= 15 is 0 Å². The van der Waals surface area contributed by atoms with Crippen molar-refractivity contribution in [1.82, 2.24) is 20.0 Å². The highest BCUT2D eigenvalue weighted by Crippen LogP contribution is 2.31. The second-order valence-electron chi connectivity index (χ2n) is 6.53. The Balaban J connectivity index is 1.64. The Morgan fingerprint density at radius 1 is 1.22 bits per heavy atom. The quantitative estimate of drug-likeness (QED) is 0.730. The SMILES string of the molecule is Cc1[nH]c(=O)[nH]c(=O)c1CN1CCc2onc(-c3ccc(F)c(F)c3)c2C1. The van der Waals surface area contributed by atoms with Gasteiger partial charge in [0.25, 0.3) is 5.56 Å². The first-order valence-corrected chi connectivity index (χ1v) is 8.39. The smallest absolute Gasteiger partial charge is 0.325 e. The van der Waals surface area contributed by atoms with Crippen molar-refractivity contribution in [3.8, 4) is 11.3 Å². The monoisotopic (exact) mass is 374 g/mol. The van der Waals surface area contributed by atoms with E-state index < -0.39 is 22.9 Å². The number of hydrogen-bond acceptors (Lipinski definition) is 5. The van der Waals surface area contributed by atoms with E-state index in [4.69, 9.17) is 4.52 Å². The topological polar surface area (TPSA) is 95.0 Å². The maximum absolute atomic E-state index is 13.6. The zero-order valence-electron chi connectivity index (χ0n) is 14.4. The number of rotatable bonds is 3. The van der Waals surface area contributed by atoms with Crippen LogP contribution in [0.15, 0.2) is 32.3 Å². The second-order valence-corrected chi connectivity index (χ2v) is 6.53. The maximum Gasteiger partial charge on any atom is 0.325 e. The molecule has 0 amide bonds. The predicted molar refractivity (Wildman–Crippen MR) is 92.1 cm³/mol. The van der Waals surface area contributed by atoms with E-state index in [0.717, 1.165) is 17.7 Å². The summed E-state index contributed by atoms with van der Waals surface area (Å²) in [6.45, 7) is 3.08. The van der Waals surface area contributed by atoms with Crippen LogP contribution in [0.4, 0.5) is 8.78 Å². The van der Waals surface area contributed by atoms with Gasteiger partial charge >= 0.3 is 5.69 Å². The average molecular weight is 374 g/mol. The summed E-state index contributed by atoms with van der Waals surface area (Å²) in [6, 6.07) is 3.59. The first kappa shape index (κ1) is 17.3. The summed E-state index contributed by atoms with van der Waals surface area (Å²) in [5, 5.41) is 4.02. The summed E-state index contributed by atoms with van der Waals surface area (Å²) < 4.78 is 32.1. The number of benzene rings is 1. The molecule has 2 aromatic heterocycles. The van der Waals surface area contributed by atoms with Crippen molar-refractivity contribution in [3.05, 3.63) is 73.3 Å². The molecule has 2 N–H and O–H groups in total. The van der Waals surface area contributed by atoms with Crippen molar-refractivity contribution in [3.63, 3.8) is 0 Å². The molecular weight excluding hydrogens is 358 g/mol. The van der Waals surface area contributed by atoms with E-state index in [1.807, 2.05) is 4.90 Å². The molecule has 0 fully saturated rings. The molecule has 9 heteroatoms. The fraction of sp³-hybridized carbons (Fsp3) is 0.278. The van der Waals surface area contributed by atoms with Crippen molar-refractivity contribution in [1.29, 1.82) is 0 Å². The van der Waals surface area contributed by atoms with Gasteiger partial charge in [0.1, 0.15) is 11.5 Å². The van der Waals surface area contributed by atoms with Gasteiger partial charge in [0.05, 0.1) is 5.56 Å². The molecule has 0 saturated heterocycles. The molecule has 0 bridgehead atoms. The Kier molecular flexibility index (Phi) is 4.23. The third kappa shape index (κ3) is 3.21. The van der Waals surface area contributed by atoms with Crippen LogP contribution in [-0.2, 0) is 19.5 Å². The van der Waals surface area contributed by atoms with E-state index in [1.165, 1.54) is 6.07 Å². The molecule has 27 heavy (non-hydrogen) atoms. The van der Waals surface area contributed by atoms with E-state index in [9.17, 15) is 18.4 Å². The molecule has 0 aliphatic carbocycles. The Morgan fingerprint density at radius 2 is 2.04 bits per heavy atom. The van der Waals surface area contributed by atoms with Gasteiger partial charge in [0.15, 0.2) is 11.6 Å². The van der Waals surface area contributed by atoms with E-state index in [-0.39, 0.29) is 0 Å². The van der Waals surface area contributed by atoms with E-state index in [1.54, 1.807) is 6.92 Å². The average Bonchev–Trinajstić information content (AvgIpc) is 3.03. The van der Waals surface area contributed by atoms with Crippen LogP contribution in [0.5, 0.6) is 0 Å². The Hall–Kier alpha value is -3.07. The highest BCUT2D eigenvalue weighted by Gasteiger charge is 2.26. The third-order valence-electron chi connectivity index (χ3n) is 4.74. The Labute approximate surface area is 151 Å². The Morgan fingerprint density at radius 3 is 2.78 bits per heavy atom. The molecule has 3 aromatic rings. The van der Waals surface area contributed by atoms with Crippen LogP contribution in [0.25, 0.3) is 11.3 Å². The molecule has 3 heterocycles. The first-order valence-electron chi connectivity index (χ1n) is 8.39. The van der Waals surface area contributed by atoms with Gasteiger partial charge in [0.2, 0.25) is 0 Å². The molecule has 1 aromatic carbocycles. The number of aromatic nitrogens is 3. The number of nitrogens with zero attached hydrogens (tertiary/aromatic N) is 2. The van der Waals surface area contributed by atoms with Crippen LogP contribution >= 0.6 is 0 Å². The predicted octanol–water partition coefficient (Wildman–Crippen LogP) is 1.86. The largest absolute Gasteiger partial charge is 0.360 e. The lowest BCUT2D eigenvalue weighted by Gasteiger charge is -2.26. The molecule has 1 aliphatic heterocycles. The number of H-pyrrole nitrogens is 2. The molecule has 0 atom stereocenters. The van der Waals surface area contributed by atoms with Crippen molar-refractivity contribution in [2.45, 2.75) is 26.4 Å². The number of aromatic amines is 2. The molecule has 0 spiro atoms. The molecule has 1 aliphatic rings. The minimum Gasteiger partial charge on any atom is -0.360 e. The molecule has 7 nitrogen and oxygen atoms in total. The molecular formula is C18H16F2N4O3. The molecule has 0 saturated carbocycles. The van der Waals surface area contributed by atoms with Crippen LogP contribution in [0.2, 0.25) is 0 Å². The summed E-state index contributed by atoms with van der Waals surface area (Å²) in [7, 11) is 0. The Bertz CT molecular complexity index is 1130. The highest BCUT2D eigenvalue weighted by atomic mass is 19.2. The minimum atomic E-state index is -0.952. The van der Waals surface area contributed by atoms with Gasteiger partial charge in [-0.3, -0.25) is 14.7 Å². The van der Waals surface area contributed by atoms with E-state index in [2.05, 4.69) is 15.1 Å². The summed E-state index contributed by atoms with van der Waals surface area (Å²) >= 11 is 0. The van der Waals surface area contributed by atoms with Gasteiger partial charge in [-0.05, 0) is 25.1 Å².